The number of rotatable bonds is 8. The van der Waals surface area contributed by atoms with Crippen LogP contribution in [0.15, 0.2) is 46.1 Å². The Morgan fingerprint density at radius 1 is 1.29 bits per heavy atom. The van der Waals surface area contributed by atoms with Gasteiger partial charge in [0.1, 0.15) is 16.5 Å². The van der Waals surface area contributed by atoms with Crippen LogP contribution in [0, 0.1) is 5.82 Å². The van der Waals surface area contributed by atoms with Crippen LogP contribution in [-0.4, -0.2) is 52.3 Å². The van der Waals surface area contributed by atoms with Crippen LogP contribution in [0.5, 0.6) is 5.75 Å². The number of sulfonamides is 1. The maximum Gasteiger partial charge on any atom is 0.246 e. The maximum absolute atomic E-state index is 13.0. The first kappa shape index (κ1) is 21.4. The molecule has 9 nitrogen and oxygen atoms in total. The molecule has 3 heterocycles. The number of aromatic nitrogens is 4. The van der Waals surface area contributed by atoms with Crippen molar-refractivity contribution in [3.8, 4) is 5.75 Å². The molecule has 0 N–H and O–H groups in total. The van der Waals surface area contributed by atoms with Crippen molar-refractivity contribution in [1.29, 1.82) is 0 Å². The molecule has 166 valence electrons. The van der Waals surface area contributed by atoms with Gasteiger partial charge in [-0.2, -0.15) is 14.4 Å². The number of hydrogen-bond acceptors (Lipinski definition) is 7. The fraction of sp³-hybridized carbons (Fsp3) is 0.450. The lowest BCUT2D eigenvalue weighted by Crippen LogP contribution is -2.39. The van der Waals surface area contributed by atoms with Gasteiger partial charge in [-0.05, 0) is 44.0 Å². The summed E-state index contributed by atoms with van der Waals surface area (Å²) in [4.78, 5) is 4.62. The molecular formula is C20H24FN5O4S. The van der Waals surface area contributed by atoms with Crippen LogP contribution in [-0.2, 0) is 23.0 Å². The Hall–Kier alpha value is -2.79. The minimum absolute atomic E-state index is 0.163. The average molecular weight is 450 g/mol. The SMILES string of the molecule is CCn1cc(S(=O)(=O)N2CCCC(c3nc(CCOc4ccc(F)cc4)no3)C2)cn1. The van der Waals surface area contributed by atoms with Crippen molar-refractivity contribution in [2.75, 3.05) is 19.7 Å². The smallest absolute Gasteiger partial charge is 0.246 e. The van der Waals surface area contributed by atoms with Crippen LogP contribution < -0.4 is 4.74 Å². The van der Waals surface area contributed by atoms with E-state index in [-0.39, 0.29) is 23.2 Å². The third-order valence-electron chi connectivity index (χ3n) is 5.20. The Kier molecular flexibility index (Phi) is 6.33. The zero-order valence-corrected chi connectivity index (χ0v) is 18.0. The van der Waals surface area contributed by atoms with E-state index >= 15 is 0 Å². The molecule has 0 bridgehead atoms. The molecule has 1 fully saturated rings. The number of nitrogens with zero attached hydrogens (tertiary/aromatic N) is 5. The van der Waals surface area contributed by atoms with Gasteiger partial charge in [0, 0.05) is 32.3 Å². The lowest BCUT2D eigenvalue weighted by atomic mass is 10.00. The van der Waals surface area contributed by atoms with Gasteiger partial charge in [0.15, 0.2) is 5.82 Å². The second-order valence-electron chi connectivity index (χ2n) is 7.34. The van der Waals surface area contributed by atoms with E-state index in [0.717, 1.165) is 6.42 Å². The fourth-order valence-corrected chi connectivity index (χ4v) is 4.97. The third kappa shape index (κ3) is 4.93. The fourth-order valence-electron chi connectivity index (χ4n) is 3.49. The molecule has 1 aliphatic rings. The van der Waals surface area contributed by atoms with Crippen molar-refractivity contribution in [2.45, 2.75) is 43.5 Å². The van der Waals surface area contributed by atoms with Gasteiger partial charge >= 0.3 is 0 Å². The van der Waals surface area contributed by atoms with E-state index in [0.29, 0.717) is 50.0 Å². The van der Waals surface area contributed by atoms with E-state index in [1.54, 1.807) is 23.0 Å². The predicted molar refractivity (Wildman–Crippen MR) is 109 cm³/mol. The number of aryl methyl sites for hydroxylation is 1. The van der Waals surface area contributed by atoms with Crippen molar-refractivity contribution in [1.82, 2.24) is 24.2 Å². The Morgan fingerprint density at radius 3 is 2.84 bits per heavy atom. The average Bonchev–Trinajstić information content (AvgIpc) is 3.45. The van der Waals surface area contributed by atoms with Crippen molar-refractivity contribution in [3.63, 3.8) is 0 Å². The first-order valence-corrected chi connectivity index (χ1v) is 11.6. The summed E-state index contributed by atoms with van der Waals surface area (Å²) in [6, 6.07) is 5.77. The van der Waals surface area contributed by atoms with Gasteiger partial charge in [-0.15, -0.1) is 0 Å². The quantitative estimate of drug-likeness (QED) is 0.521. The number of benzene rings is 1. The summed E-state index contributed by atoms with van der Waals surface area (Å²) in [5, 5.41) is 8.06. The van der Waals surface area contributed by atoms with Crippen LogP contribution >= 0.6 is 0 Å². The normalized spacial score (nSPS) is 17.7. The molecule has 3 aromatic rings. The molecule has 4 rings (SSSR count). The number of ether oxygens (including phenoxy) is 1. The van der Waals surface area contributed by atoms with Crippen LogP contribution in [0.2, 0.25) is 0 Å². The first-order valence-electron chi connectivity index (χ1n) is 10.2. The third-order valence-corrected chi connectivity index (χ3v) is 7.01. The largest absolute Gasteiger partial charge is 0.493 e. The van der Waals surface area contributed by atoms with Crippen molar-refractivity contribution in [3.05, 3.63) is 54.2 Å². The van der Waals surface area contributed by atoms with Gasteiger partial charge in [0.25, 0.3) is 0 Å². The number of hydrogen-bond donors (Lipinski definition) is 0. The summed E-state index contributed by atoms with van der Waals surface area (Å²) in [6.45, 7) is 3.55. The Labute approximate surface area is 179 Å². The molecule has 0 amide bonds. The highest BCUT2D eigenvalue weighted by molar-refractivity contribution is 7.89. The van der Waals surface area contributed by atoms with Crippen molar-refractivity contribution >= 4 is 10.0 Å². The van der Waals surface area contributed by atoms with Crippen LogP contribution in [0.25, 0.3) is 0 Å². The highest BCUT2D eigenvalue weighted by atomic mass is 32.2. The molecule has 0 radical (unpaired) electrons. The lowest BCUT2D eigenvalue weighted by Gasteiger charge is -2.29. The van der Waals surface area contributed by atoms with Gasteiger partial charge in [-0.3, -0.25) is 4.68 Å². The van der Waals surface area contributed by atoms with Crippen LogP contribution in [0.3, 0.4) is 0 Å². The second-order valence-corrected chi connectivity index (χ2v) is 9.27. The molecular weight excluding hydrogens is 425 g/mol. The van der Waals surface area contributed by atoms with Gasteiger partial charge in [0.05, 0.1) is 18.7 Å². The summed E-state index contributed by atoms with van der Waals surface area (Å²) >= 11 is 0. The Morgan fingerprint density at radius 2 is 2.10 bits per heavy atom. The number of halogens is 1. The summed E-state index contributed by atoms with van der Waals surface area (Å²) in [5.41, 5.74) is 0. The molecule has 1 unspecified atom stereocenters. The molecule has 0 saturated carbocycles. The zero-order valence-electron chi connectivity index (χ0n) is 17.1. The van der Waals surface area contributed by atoms with E-state index in [1.807, 2.05) is 6.92 Å². The summed E-state index contributed by atoms with van der Waals surface area (Å²) in [5.74, 6) is 0.994. The van der Waals surface area contributed by atoms with Crippen molar-refractivity contribution < 1.29 is 22.1 Å². The first-order chi connectivity index (χ1) is 15.0. The molecule has 1 aromatic carbocycles. The van der Waals surface area contributed by atoms with E-state index in [1.165, 1.54) is 22.6 Å². The molecule has 1 aliphatic heterocycles. The van der Waals surface area contributed by atoms with Gasteiger partial charge in [0.2, 0.25) is 15.9 Å². The van der Waals surface area contributed by atoms with Gasteiger partial charge in [-0.25, -0.2) is 12.8 Å². The van der Waals surface area contributed by atoms with Gasteiger partial charge < -0.3 is 9.26 Å². The topological polar surface area (TPSA) is 103 Å². The Bertz CT molecular complexity index is 1110. The van der Waals surface area contributed by atoms with Gasteiger partial charge in [-0.1, -0.05) is 5.16 Å². The minimum Gasteiger partial charge on any atom is -0.493 e. The molecule has 1 atom stereocenters. The van der Waals surface area contributed by atoms with E-state index in [9.17, 15) is 12.8 Å². The lowest BCUT2D eigenvalue weighted by molar-refractivity contribution is 0.264. The molecule has 0 aliphatic carbocycles. The molecule has 31 heavy (non-hydrogen) atoms. The second kappa shape index (κ2) is 9.15. The minimum atomic E-state index is -3.62. The van der Waals surface area contributed by atoms with E-state index in [4.69, 9.17) is 9.26 Å². The molecule has 0 spiro atoms. The highest BCUT2D eigenvalue weighted by Gasteiger charge is 2.34. The molecule has 1 saturated heterocycles. The highest BCUT2D eigenvalue weighted by Crippen LogP contribution is 2.29. The standard InChI is InChI=1S/C20H24FN5O4S/c1-2-25-14-18(12-22-25)31(27,28)26-10-3-4-15(13-26)20-23-19(24-30-20)9-11-29-17-7-5-16(21)6-8-17/h5-8,12,14-15H,2-4,9-11,13H2,1H3. The molecule has 11 heteroatoms. The van der Waals surface area contributed by atoms with Crippen LogP contribution in [0.4, 0.5) is 4.39 Å². The monoisotopic (exact) mass is 449 g/mol. The summed E-state index contributed by atoms with van der Waals surface area (Å²) in [7, 11) is -3.62. The molecule has 2 aromatic heterocycles. The number of piperidine rings is 1. The zero-order chi connectivity index (χ0) is 21.8. The summed E-state index contributed by atoms with van der Waals surface area (Å²) in [6.07, 6.45) is 4.83. The van der Waals surface area contributed by atoms with Crippen LogP contribution in [0.1, 0.15) is 37.4 Å². The van der Waals surface area contributed by atoms with E-state index < -0.39 is 10.0 Å². The Balaban J connectivity index is 1.36. The summed E-state index contributed by atoms with van der Waals surface area (Å²) < 4.78 is 52.9. The van der Waals surface area contributed by atoms with E-state index in [2.05, 4.69) is 15.2 Å². The van der Waals surface area contributed by atoms with Crippen molar-refractivity contribution in [2.24, 2.45) is 0 Å². The predicted octanol–water partition coefficient (Wildman–Crippen LogP) is 2.61. The maximum atomic E-state index is 13.0.